The molecule has 1 atom stereocenters. The van der Waals surface area contributed by atoms with E-state index in [1.165, 1.54) is 26.6 Å². The van der Waals surface area contributed by atoms with Crippen LogP contribution in [0.3, 0.4) is 0 Å². The predicted molar refractivity (Wildman–Crippen MR) is 116 cm³/mol. The zero-order valence-corrected chi connectivity index (χ0v) is 17.9. The highest BCUT2D eigenvalue weighted by molar-refractivity contribution is 6.32. The summed E-state index contributed by atoms with van der Waals surface area (Å²) in [5.74, 6) is -0.241. The Hall–Kier alpha value is -2.37. The van der Waals surface area contributed by atoms with Crippen LogP contribution in [0.2, 0.25) is 5.02 Å². The van der Waals surface area contributed by atoms with Gasteiger partial charge in [0.2, 0.25) is 5.91 Å². The second-order valence-corrected chi connectivity index (χ2v) is 8.53. The van der Waals surface area contributed by atoms with Crippen LogP contribution >= 0.6 is 11.6 Å². The summed E-state index contributed by atoms with van der Waals surface area (Å²) in [6.07, 6.45) is 0.267. The van der Waals surface area contributed by atoms with Crippen LogP contribution in [0.25, 0.3) is 0 Å². The average Bonchev–Trinajstić information content (AvgIpc) is 3.00. The van der Waals surface area contributed by atoms with E-state index in [0.717, 1.165) is 31.7 Å². The molecule has 2 aromatic carbocycles. The number of aryl methyl sites for hydroxylation is 2. The molecular formula is C23H27ClN3O2+. The minimum absolute atomic E-state index is 0.106. The zero-order chi connectivity index (χ0) is 20.7. The van der Waals surface area contributed by atoms with Gasteiger partial charge < -0.3 is 9.80 Å². The van der Waals surface area contributed by atoms with Gasteiger partial charge in [0.15, 0.2) is 6.04 Å². The molecule has 29 heavy (non-hydrogen) atoms. The molecule has 2 heterocycles. The van der Waals surface area contributed by atoms with E-state index in [-0.39, 0.29) is 24.3 Å². The van der Waals surface area contributed by atoms with Crippen molar-refractivity contribution in [1.82, 2.24) is 0 Å². The Labute approximate surface area is 176 Å². The number of halogens is 1. The van der Waals surface area contributed by atoms with Gasteiger partial charge in [0.1, 0.15) is 0 Å². The highest BCUT2D eigenvalue weighted by Crippen LogP contribution is 2.27. The topological polar surface area (TPSA) is 45.1 Å². The number of hydrogen-bond acceptors (Lipinski definition) is 3. The van der Waals surface area contributed by atoms with E-state index < -0.39 is 0 Å². The number of quaternary nitrogens is 1. The Bertz CT molecular complexity index is 967. The second kappa shape index (κ2) is 7.81. The van der Waals surface area contributed by atoms with Crippen molar-refractivity contribution in [2.24, 2.45) is 0 Å². The molecule has 4 rings (SSSR count). The van der Waals surface area contributed by atoms with Gasteiger partial charge in [-0.05, 0) is 55.7 Å². The Kier molecular flexibility index (Phi) is 5.36. The molecule has 2 aromatic rings. The average molecular weight is 413 g/mol. The summed E-state index contributed by atoms with van der Waals surface area (Å²) in [6, 6.07) is 11.5. The summed E-state index contributed by atoms with van der Waals surface area (Å²) in [7, 11) is 0. The Morgan fingerprint density at radius 2 is 1.72 bits per heavy atom. The Balaban J connectivity index is 1.46. The monoisotopic (exact) mass is 412 g/mol. The van der Waals surface area contributed by atoms with Crippen LogP contribution in [0, 0.1) is 20.8 Å². The minimum atomic E-state index is -0.302. The predicted octanol–water partition coefficient (Wildman–Crippen LogP) is 2.30. The smallest absolute Gasteiger partial charge is 0.292 e. The number of nitrogens with zero attached hydrogens (tertiary/aromatic N) is 2. The normalized spacial score (nSPS) is 20.6. The van der Waals surface area contributed by atoms with Crippen LogP contribution < -0.4 is 14.7 Å². The first-order valence-corrected chi connectivity index (χ1v) is 10.5. The summed E-state index contributed by atoms with van der Waals surface area (Å²) in [6.45, 7) is 9.66. The first kappa shape index (κ1) is 19.9. The standard InChI is InChI=1S/C23H26ClN3O2/c1-15-5-4-6-20(17(15)3)25-9-11-26(12-10-25)21-14-22(28)27(23(21)29)18-8-7-16(2)19(24)13-18/h4-8,13,21H,9-12,14H2,1-3H3/p+1/t21-/m1/s1. The van der Waals surface area contributed by atoms with E-state index in [1.54, 1.807) is 12.1 Å². The summed E-state index contributed by atoms with van der Waals surface area (Å²) in [5, 5.41) is 0.570. The maximum absolute atomic E-state index is 13.1. The van der Waals surface area contributed by atoms with Crippen molar-refractivity contribution < 1.29 is 14.5 Å². The number of anilines is 2. The summed E-state index contributed by atoms with van der Waals surface area (Å²) in [4.78, 5) is 30.6. The van der Waals surface area contributed by atoms with Crippen molar-refractivity contribution >= 4 is 34.8 Å². The largest absolute Gasteiger partial charge is 0.360 e. The molecule has 0 bridgehead atoms. The number of carbonyl (C=O) groups is 2. The number of benzene rings is 2. The fourth-order valence-corrected chi connectivity index (χ4v) is 4.58. The Morgan fingerprint density at radius 1 is 1.00 bits per heavy atom. The lowest BCUT2D eigenvalue weighted by Crippen LogP contribution is -3.19. The lowest BCUT2D eigenvalue weighted by molar-refractivity contribution is -0.915. The van der Waals surface area contributed by atoms with Crippen molar-refractivity contribution in [2.45, 2.75) is 33.2 Å². The van der Waals surface area contributed by atoms with Gasteiger partial charge in [-0.15, -0.1) is 0 Å². The van der Waals surface area contributed by atoms with Crippen LogP contribution in [0.5, 0.6) is 0 Å². The van der Waals surface area contributed by atoms with Crippen molar-refractivity contribution in [3.05, 3.63) is 58.1 Å². The van der Waals surface area contributed by atoms with E-state index >= 15 is 0 Å². The maximum Gasteiger partial charge on any atom is 0.292 e. The van der Waals surface area contributed by atoms with Crippen molar-refractivity contribution in [3.63, 3.8) is 0 Å². The van der Waals surface area contributed by atoms with Gasteiger partial charge in [-0.1, -0.05) is 29.8 Å². The molecule has 5 nitrogen and oxygen atoms in total. The molecule has 0 spiro atoms. The van der Waals surface area contributed by atoms with Gasteiger partial charge in [-0.2, -0.15) is 0 Å². The zero-order valence-electron chi connectivity index (χ0n) is 17.2. The first-order valence-electron chi connectivity index (χ1n) is 10.2. The maximum atomic E-state index is 13.1. The van der Waals surface area contributed by atoms with Crippen LogP contribution in [0.4, 0.5) is 11.4 Å². The van der Waals surface area contributed by atoms with Crippen molar-refractivity contribution in [3.8, 4) is 0 Å². The lowest BCUT2D eigenvalue weighted by Gasteiger charge is -2.36. The summed E-state index contributed by atoms with van der Waals surface area (Å²) < 4.78 is 0. The van der Waals surface area contributed by atoms with Crippen LogP contribution in [-0.4, -0.2) is 44.0 Å². The highest BCUT2D eigenvalue weighted by Gasteiger charge is 2.46. The highest BCUT2D eigenvalue weighted by atomic mass is 35.5. The second-order valence-electron chi connectivity index (χ2n) is 8.12. The molecule has 0 aliphatic carbocycles. The SMILES string of the molecule is Cc1ccc(N2C(=O)C[C@@H]([NH+]3CCN(c4cccc(C)c4C)CC3)C2=O)cc1Cl. The molecule has 2 amide bonds. The number of hydrogen-bond donors (Lipinski definition) is 1. The Morgan fingerprint density at radius 3 is 2.41 bits per heavy atom. The van der Waals surface area contributed by atoms with Crippen molar-refractivity contribution in [2.75, 3.05) is 36.0 Å². The fraction of sp³-hybridized carbons (Fsp3) is 0.391. The molecule has 2 fully saturated rings. The summed E-state index contributed by atoms with van der Waals surface area (Å²) in [5.41, 5.74) is 5.38. The van der Waals surface area contributed by atoms with E-state index in [2.05, 4.69) is 36.9 Å². The van der Waals surface area contributed by atoms with Gasteiger partial charge in [0.05, 0.1) is 38.3 Å². The molecule has 1 N–H and O–H groups in total. The van der Waals surface area contributed by atoms with Gasteiger partial charge in [-0.25, -0.2) is 4.90 Å². The van der Waals surface area contributed by atoms with Gasteiger partial charge in [-0.3, -0.25) is 9.59 Å². The number of nitrogens with one attached hydrogen (secondary N) is 1. The third-order valence-corrected chi connectivity index (χ3v) is 6.78. The third kappa shape index (κ3) is 3.65. The molecule has 0 unspecified atom stereocenters. The molecule has 152 valence electrons. The van der Waals surface area contributed by atoms with E-state index in [9.17, 15) is 9.59 Å². The molecule has 0 aromatic heterocycles. The number of amides is 2. The molecule has 2 aliphatic heterocycles. The molecule has 6 heteroatoms. The number of carbonyl (C=O) groups excluding carboxylic acids is 2. The van der Waals surface area contributed by atoms with Crippen molar-refractivity contribution in [1.29, 1.82) is 0 Å². The molecule has 2 aliphatic rings. The molecular weight excluding hydrogens is 386 g/mol. The molecule has 0 radical (unpaired) electrons. The number of imide groups is 1. The number of piperazine rings is 1. The quantitative estimate of drug-likeness (QED) is 0.787. The van der Waals surface area contributed by atoms with E-state index in [0.29, 0.717) is 10.7 Å². The fourth-order valence-electron chi connectivity index (χ4n) is 4.40. The lowest BCUT2D eigenvalue weighted by atomic mass is 10.1. The van der Waals surface area contributed by atoms with Crippen LogP contribution in [-0.2, 0) is 9.59 Å². The van der Waals surface area contributed by atoms with Crippen LogP contribution in [0.15, 0.2) is 36.4 Å². The van der Waals surface area contributed by atoms with Gasteiger partial charge >= 0.3 is 0 Å². The van der Waals surface area contributed by atoms with E-state index in [4.69, 9.17) is 11.6 Å². The minimum Gasteiger partial charge on any atom is -0.360 e. The van der Waals surface area contributed by atoms with Gasteiger partial charge in [0.25, 0.3) is 5.91 Å². The van der Waals surface area contributed by atoms with E-state index in [1.807, 2.05) is 13.0 Å². The first-order chi connectivity index (χ1) is 13.9. The molecule has 0 saturated carbocycles. The van der Waals surface area contributed by atoms with Crippen LogP contribution in [0.1, 0.15) is 23.1 Å². The third-order valence-electron chi connectivity index (χ3n) is 6.38. The number of rotatable bonds is 3. The van der Waals surface area contributed by atoms with Gasteiger partial charge in [0, 0.05) is 10.7 Å². The molecule has 2 saturated heterocycles. The summed E-state index contributed by atoms with van der Waals surface area (Å²) >= 11 is 6.21.